The van der Waals surface area contributed by atoms with Crippen LogP contribution in [0.5, 0.6) is 0 Å². The van der Waals surface area contributed by atoms with Crippen molar-refractivity contribution in [2.45, 2.75) is 6.54 Å². The Hall–Kier alpha value is -0.690. The SMILES string of the molecule is CS(=O)(=O)CCNCc1ccc(-c2cccc(Br)c2)s1. The van der Waals surface area contributed by atoms with Gasteiger partial charge in [-0.3, -0.25) is 0 Å². The molecule has 0 unspecified atom stereocenters. The summed E-state index contributed by atoms with van der Waals surface area (Å²) in [5.74, 6) is 0.177. The highest BCUT2D eigenvalue weighted by molar-refractivity contribution is 9.10. The predicted octanol–water partition coefficient (Wildman–Crippen LogP) is 3.31. The maximum Gasteiger partial charge on any atom is 0.148 e. The average molecular weight is 374 g/mol. The van der Waals surface area contributed by atoms with E-state index < -0.39 is 9.84 Å². The van der Waals surface area contributed by atoms with E-state index in [1.807, 2.05) is 12.1 Å². The van der Waals surface area contributed by atoms with Crippen molar-refractivity contribution in [3.8, 4) is 10.4 Å². The van der Waals surface area contributed by atoms with Gasteiger partial charge in [0.2, 0.25) is 0 Å². The Bertz CT molecular complexity index is 680. The first-order chi connectivity index (χ1) is 9.44. The molecule has 20 heavy (non-hydrogen) atoms. The quantitative estimate of drug-likeness (QED) is 0.790. The molecule has 0 saturated carbocycles. The van der Waals surface area contributed by atoms with Crippen LogP contribution in [0.4, 0.5) is 0 Å². The summed E-state index contributed by atoms with van der Waals surface area (Å²) in [5.41, 5.74) is 1.19. The molecule has 2 aromatic rings. The van der Waals surface area contributed by atoms with Gasteiger partial charge in [-0.2, -0.15) is 0 Å². The Morgan fingerprint density at radius 1 is 1.25 bits per heavy atom. The highest BCUT2D eigenvalue weighted by Gasteiger charge is 2.04. The molecule has 0 aliphatic heterocycles. The van der Waals surface area contributed by atoms with Crippen LogP contribution >= 0.6 is 27.3 Å². The number of thiophene rings is 1. The first-order valence-electron chi connectivity index (χ1n) is 6.17. The Kier molecular flexibility index (Phi) is 5.37. The van der Waals surface area contributed by atoms with E-state index in [0.717, 1.165) is 4.47 Å². The zero-order valence-electron chi connectivity index (χ0n) is 11.1. The highest BCUT2D eigenvalue weighted by Crippen LogP contribution is 2.29. The molecule has 1 aromatic heterocycles. The lowest BCUT2D eigenvalue weighted by atomic mass is 10.2. The molecule has 0 aliphatic carbocycles. The number of hydrogen-bond donors (Lipinski definition) is 1. The molecule has 0 saturated heterocycles. The van der Waals surface area contributed by atoms with Crippen molar-refractivity contribution in [3.05, 3.63) is 45.7 Å². The fraction of sp³-hybridized carbons (Fsp3) is 0.286. The summed E-state index contributed by atoms with van der Waals surface area (Å²) >= 11 is 5.19. The molecule has 0 atom stereocenters. The number of rotatable bonds is 6. The van der Waals surface area contributed by atoms with Crippen LogP contribution < -0.4 is 5.32 Å². The van der Waals surface area contributed by atoms with Crippen LogP contribution in [0.3, 0.4) is 0 Å². The summed E-state index contributed by atoms with van der Waals surface area (Å²) in [6.07, 6.45) is 1.26. The molecule has 0 amide bonds. The van der Waals surface area contributed by atoms with Gasteiger partial charge in [-0.25, -0.2) is 8.42 Å². The van der Waals surface area contributed by atoms with Crippen molar-refractivity contribution in [2.75, 3.05) is 18.6 Å². The molecule has 0 spiro atoms. The molecule has 0 fully saturated rings. The van der Waals surface area contributed by atoms with Gasteiger partial charge in [0, 0.05) is 33.6 Å². The molecular formula is C14H16BrNO2S2. The first-order valence-corrected chi connectivity index (χ1v) is 9.84. The molecule has 0 radical (unpaired) electrons. The minimum Gasteiger partial charge on any atom is -0.311 e. The van der Waals surface area contributed by atoms with E-state index in [2.05, 4.69) is 45.5 Å². The number of sulfone groups is 1. The normalized spacial score (nSPS) is 11.7. The second kappa shape index (κ2) is 6.85. The van der Waals surface area contributed by atoms with Crippen molar-refractivity contribution in [2.24, 2.45) is 0 Å². The number of nitrogens with one attached hydrogen (secondary N) is 1. The molecule has 1 N–H and O–H groups in total. The Morgan fingerprint density at radius 3 is 2.75 bits per heavy atom. The maximum absolute atomic E-state index is 11.0. The van der Waals surface area contributed by atoms with Crippen LogP contribution in [0.15, 0.2) is 40.9 Å². The maximum atomic E-state index is 11.0. The Labute approximate surface area is 132 Å². The minimum atomic E-state index is -2.89. The number of hydrogen-bond acceptors (Lipinski definition) is 4. The number of benzene rings is 1. The number of halogens is 1. The third-order valence-electron chi connectivity index (χ3n) is 2.72. The van der Waals surface area contributed by atoms with Crippen LogP contribution in [0, 0.1) is 0 Å². The average Bonchev–Trinajstić information content (AvgIpc) is 2.82. The Morgan fingerprint density at radius 2 is 2.05 bits per heavy atom. The van der Waals surface area contributed by atoms with E-state index in [-0.39, 0.29) is 5.75 Å². The third kappa shape index (κ3) is 5.01. The molecule has 0 bridgehead atoms. The van der Waals surface area contributed by atoms with Crippen molar-refractivity contribution < 1.29 is 8.42 Å². The molecule has 0 aliphatic rings. The van der Waals surface area contributed by atoms with E-state index in [1.54, 1.807) is 11.3 Å². The van der Waals surface area contributed by atoms with Gasteiger partial charge in [0.15, 0.2) is 0 Å². The van der Waals surface area contributed by atoms with E-state index in [0.29, 0.717) is 13.1 Å². The van der Waals surface area contributed by atoms with Crippen molar-refractivity contribution in [1.82, 2.24) is 5.32 Å². The van der Waals surface area contributed by atoms with Gasteiger partial charge in [0.25, 0.3) is 0 Å². The predicted molar refractivity (Wildman–Crippen MR) is 88.9 cm³/mol. The fourth-order valence-electron chi connectivity index (χ4n) is 1.74. The zero-order chi connectivity index (χ0) is 14.6. The molecule has 2 rings (SSSR count). The molecule has 108 valence electrons. The van der Waals surface area contributed by atoms with Gasteiger partial charge in [-0.05, 0) is 29.8 Å². The third-order valence-corrected chi connectivity index (χ3v) is 5.29. The smallest absolute Gasteiger partial charge is 0.148 e. The summed E-state index contributed by atoms with van der Waals surface area (Å²) in [6, 6.07) is 12.4. The van der Waals surface area contributed by atoms with Gasteiger partial charge in [-0.1, -0.05) is 28.1 Å². The topological polar surface area (TPSA) is 46.2 Å². The van der Waals surface area contributed by atoms with Crippen LogP contribution in [-0.2, 0) is 16.4 Å². The monoisotopic (exact) mass is 373 g/mol. The molecule has 1 aromatic carbocycles. The molecule has 3 nitrogen and oxygen atoms in total. The highest BCUT2D eigenvalue weighted by atomic mass is 79.9. The van der Waals surface area contributed by atoms with Crippen LogP contribution in [0.1, 0.15) is 4.88 Å². The Balaban J connectivity index is 1.93. The molecule has 1 heterocycles. The fourth-order valence-corrected chi connectivity index (χ4v) is 3.63. The first kappa shape index (κ1) is 15.7. The van der Waals surface area contributed by atoms with Crippen LogP contribution in [0.25, 0.3) is 10.4 Å². The second-order valence-electron chi connectivity index (χ2n) is 4.58. The zero-order valence-corrected chi connectivity index (χ0v) is 14.3. The molecular weight excluding hydrogens is 358 g/mol. The second-order valence-corrected chi connectivity index (χ2v) is 8.93. The van der Waals surface area contributed by atoms with Crippen LogP contribution in [-0.4, -0.2) is 27.0 Å². The van der Waals surface area contributed by atoms with Crippen LogP contribution in [0.2, 0.25) is 0 Å². The summed E-state index contributed by atoms with van der Waals surface area (Å²) in [7, 11) is -2.89. The van der Waals surface area contributed by atoms with E-state index in [1.165, 1.54) is 21.6 Å². The summed E-state index contributed by atoms with van der Waals surface area (Å²) in [4.78, 5) is 2.42. The van der Waals surface area contributed by atoms with Crippen molar-refractivity contribution in [1.29, 1.82) is 0 Å². The minimum absolute atomic E-state index is 0.177. The lowest BCUT2D eigenvalue weighted by molar-refractivity contribution is 0.596. The van der Waals surface area contributed by atoms with E-state index >= 15 is 0 Å². The molecule has 6 heteroatoms. The van der Waals surface area contributed by atoms with Gasteiger partial charge < -0.3 is 5.32 Å². The van der Waals surface area contributed by atoms with Gasteiger partial charge >= 0.3 is 0 Å². The van der Waals surface area contributed by atoms with Gasteiger partial charge in [-0.15, -0.1) is 11.3 Å². The van der Waals surface area contributed by atoms with Gasteiger partial charge in [0.1, 0.15) is 9.84 Å². The lowest BCUT2D eigenvalue weighted by Crippen LogP contribution is -2.21. The van der Waals surface area contributed by atoms with Gasteiger partial charge in [0.05, 0.1) is 5.75 Å². The van der Waals surface area contributed by atoms with Crippen molar-refractivity contribution >= 4 is 37.1 Å². The van der Waals surface area contributed by atoms with Crippen molar-refractivity contribution in [3.63, 3.8) is 0 Å². The standard InChI is InChI=1S/C14H16BrNO2S2/c1-20(17,18)8-7-16-10-13-5-6-14(19-13)11-3-2-4-12(15)9-11/h2-6,9,16H,7-8,10H2,1H3. The largest absolute Gasteiger partial charge is 0.311 e. The van der Waals surface area contributed by atoms with E-state index in [9.17, 15) is 8.42 Å². The lowest BCUT2D eigenvalue weighted by Gasteiger charge is -2.01. The summed E-state index contributed by atoms with van der Waals surface area (Å²) in [5, 5.41) is 3.16. The summed E-state index contributed by atoms with van der Waals surface area (Å²) in [6.45, 7) is 1.19. The van der Waals surface area contributed by atoms with E-state index in [4.69, 9.17) is 0 Å². The summed E-state index contributed by atoms with van der Waals surface area (Å²) < 4.78 is 23.1.